The molecule has 0 bridgehead atoms. The average Bonchev–Trinajstić information content (AvgIpc) is 3.41. The Morgan fingerprint density at radius 3 is 2.37 bits per heavy atom. The van der Waals surface area contributed by atoms with Crippen molar-refractivity contribution in [2.45, 2.75) is 20.3 Å². The van der Waals surface area contributed by atoms with Crippen molar-refractivity contribution in [1.29, 1.82) is 0 Å². The van der Waals surface area contributed by atoms with E-state index in [-0.39, 0.29) is 18.2 Å². The second-order valence-corrected chi connectivity index (χ2v) is 10.1. The SMILES string of the molecule is CC(=O)N1CCN(c2ccc(NC(=O)Cc3cc(-c4ccc5nccnc5c4)n(-c4cccc(C)n4)n3)cc2)CC1. The average molecular weight is 547 g/mol. The molecule has 0 aliphatic carbocycles. The lowest BCUT2D eigenvalue weighted by Gasteiger charge is -2.35. The topological polar surface area (TPSA) is 109 Å². The van der Waals surface area contributed by atoms with Gasteiger partial charge in [0.25, 0.3) is 0 Å². The molecule has 4 heterocycles. The van der Waals surface area contributed by atoms with Crippen LogP contribution in [0.3, 0.4) is 0 Å². The van der Waals surface area contributed by atoms with E-state index in [1.165, 1.54) is 0 Å². The first-order chi connectivity index (χ1) is 19.9. The summed E-state index contributed by atoms with van der Waals surface area (Å²) in [5.74, 6) is 0.623. The lowest BCUT2D eigenvalue weighted by atomic mass is 10.1. The number of hydrogen-bond donors (Lipinski definition) is 1. The van der Waals surface area contributed by atoms with Crippen molar-refractivity contribution < 1.29 is 9.59 Å². The van der Waals surface area contributed by atoms with Crippen molar-refractivity contribution in [3.05, 3.63) is 90.5 Å². The van der Waals surface area contributed by atoms with E-state index in [9.17, 15) is 9.59 Å². The Balaban J connectivity index is 1.20. The van der Waals surface area contributed by atoms with Gasteiger partial charge in [-0.25, -0.2) is 9.67 Å². The minimum Gasteiger partial charge on any atom is -0.368 e. The van der Waals surface area contributed by atoms with Gasteiger partial charge >= 0.3 is 0 Å². The zero-order valence-electron chi connectivity index (χ0n) is 23.0. The number of pyridine rings is 1. The Labute approximate surface area is 237 Å². The highest BCUT2D eigenvalue weighted by atomic mass is 16.2. The Morgan fingerprint density at radius 1 is 0.878 bits per heavy atom. The van der Waals surface area contributed by atoms with Crippen LogP contribution in [0.2, 0.25) is 0 Å². The normalized spacial score (nSPS) is 13.4. The fourth-order valence-corrected chi connectivity index (χ4v) is 5.07. The molecule has 1 N–H and O–H groups in total. The van der Waals surface area contributed by atoms with Gasteiger partial charge in [0, 0.05) is 68.1 Å². The van der Waals surface area contributed by atoms with Gasteiger partial charge < -0.3 is 15.1 Å². The molecule has 0 spiro atoms. The number of rotatable bonds is 6. The van der Waals surface area contributed by atoms with E-state index in [4.69, 9.17) is 5.10 Å². The van der Waals surface area contributed by atoms with Gasteiger partial charge in [-0.2, -0.15) is 5.10 Å². The van der Waals surface area contributed by atoms with Crippen molar-refractivity contribution in [2.24, 2.45) is 0 Å². The number of aromatic nitrogens is 5. The van der Waals surface area contributed by atoms with E-state index in [0.29, 0.717) is 30.3 Å². The molecule has 0 saturated carbocycles. The van der Waals surface area contributed by atoms with E-state index < -0.39 is 0 Å². The highest BCUT2D eigenvalue weighted by Crippen LogP contribution is 2.27. The first kappa shape index (κ1) is 26.1. The molecule has 5 aromatic rings. The first-order valence-corrected chi connectivity index (χ1v) is 13.6. The van der Waals surface area contributed by atoms with Crippen LogP contribution in [0.15, 0.2) is 79.1 Å². The van der Waals surface area contributed by atoms with E-state index in [1.807, 2.05) is 78.6 Å². The first-order valence-electron chi connectivity index (χ1n) is 13.6. The molecule has 0 radical (unpaired) electrons. The highest BCUT2D eigenvalue weighted by molar-refractivity contribution is 5.92. The molecule has 10 nitrogen and oxygen atoms in total. The molecule has 41 heavy (non-hydrogen) atoms. The number of carbonyl (C=O) groups excluding carboxylic acids is 2. The van der Waals surface area contributed by atoms with Gasteiger partial charge in [0.05, 0.1) is 28.8 Å². The number of piperazine rings is 1. The monoisotopic (exact) mass is 546 g/mol. The third-order valence-electron chi connectivity index (χ3n) is 7.20. The van der Waals surface area contributed by atoms with Crippen LogP contribution in [0.25, 0.3) is 28.1 Å². The summed E-state index contributed by atoms with van der Waals surface area (Å²) < 4.78 is 1.77. The maximum absolute atomic E-state index is 13.0. The fourth-order valence-electron chi connectivity index (χ4n) is 5.07. The van der Waals surface area contributed by atoms with E-state index in [1.54, 1.807) is 24.0 Å². The van der Waals surface area contributed by atoms with Crippen LogP contribution >= 0.6 is 0 Å². The van der Waals surface area contributed by atoms with Crippen LogP contribution in [0.5, 0.6) is 0 Å². The zero-order valence-corrected chi connectivity index (χ0v) is 23.0. The number of fused-ring (bicyclic) bond motifs is 1. The number of hydrogen-bond acceptors (Lipinski definition) is 7. The van der Waals surface area contributed by atoms with Crippen molar-refractivity contribution in [3.8, 4) is 17.1 Å². The second-order valence-electron chi connectivity index (χ2n) is 10.1. The zero-order chi connectivity index (χ0) is 28.3. The molecule has 1 aliphatic rings. The smallest absolute Gasteiger partial charge is 0.230 e. The van der Waals surface area contributed by atoms with Crippen molar-refractivity contribution in [1.82, 2.24) is 29.6 Å². The number of nitrogens with zero attached hydrogens (tertiary/aromatic N) is 7. The summed E-state index contributed by atoms with van der Waals surface area (Å²) in [5.41, 5.74) is 6.58. The summed E-state index contributed by atoms with van der Waals surface area (Å²) in [6.07, 6.45) is 3.44. The van der Waals surface area contributed by atoms with Crippen LogP contribution in [-0.4, -0.2) is 67.6 Å². The predicted octanol–water partition coefficient (Wildman–Crippen LogP) is 4.04. The summed E-state index contributed by atoms with van der Waals surface area (Å²) >= 11 is 0. The summed E-state index contributed by atoms with van der Waals surface area (Å²) in [7, 11) is 0. The molecule has 6 rings (SSSR count). The summed E-state index contributed by atoms with van der Waals surface area (Å²) in [6, 6.07) is 21.4. The molecule has 0 atom stereocenters. The third kappa shape index (κ3) is 5.76. The third-order valence-corrected chi connectivity index (χ3v) is 7.20. The van der Waals surface area contributed by atoms with Gasteiger partial charge in [0.2, 0.25) is 11.8 Å². The van der Waals surface area contributed by atoms with Crippen LogP contribution in [0.1, 0.15) is 18.3 Å². The number of aryl methyl sites for hydroxylation is 1. The minimum atomic E-state index is -0.161. The Morgan fingerprint density at radius 2 is 1.63 bits per heavy atom. The summed E-state index contributed by atoms with van der Waals surface area (Å²) in [5, 5.41) is 7.77. The van der Waals surface area contributed by atoms with Gasteiger partial charge in [0.1, 0.15) is 0 Å². The molecule has 3 aromatic heterocycles. The number of nitrogens with one attached hydrogen (secondary N) is 1. The minimum absolute atomic E-state index is 0.105. The molecule has 2 aromatic carbocycles. The maximum Gasteiger partial charge on any atom is 0.230 e. The van der Waals surface area contributed by atoms with Crippen LogP contribution in [-0.2, 0) is 16.0 Å². The van der Waals surface area contributed by atoms with Crippen LogP contribution in [0.4, 0.5) is 11.4 Å². The number of amides is 2. The second kappa shape index (κ2) is 11.2. The van der Waals surface area contributed by atoms with Crippen molar-refractivity contribution >= 4 is 34.2 Å². The Hall–Kier alpha value is -5.12. The molecule has 2 amide bonds. The number of carbonyl (C=O) groups is 2. The molecule has 0 unspecified atom stereocenters. The molecule has 1 fully saturated rings. The highest BCUT2D eigenvalue weighted by Gasteiger charge is 2.19. The molecule has 206 valence electrons. The van der Waals surface area contributed by atoms with E-state index in [0.717, 1.165) is 46.8 Å². The molecular formula is C31H30N8O2. The maximum atomic E-state index is 13.0. The molecular weight excluding hydrogens is 516 g/mol. The number of benzene rings is 2. The quantitative estimate of drug-likeness (QED) is 0.342. The standard InChI is InChI=1S/C31H30N8O2/c1-21-4-3-5-30(34-21)39-29(23-6-11-27-28(18-23)33-13-12-32-27)19-25(36-39)20-31(41)35-24-7-9-26(10-8-24)38-16-14-37(15-17-38)22(2)40/h3-13,18-19H,14-17,20H2,1-2H3,(H,35,41). The predicted molar refractivity (Wildman–Crippen MR) is 158 cm³/mol. The van der Waals surface area contributed by atoms with Gasteiger partial charge in [-0.05, 0) is 61.5 Å². The molecule has 1 saturated heterocycles. The lowest BCUT2D eigenvalue weighted by Crippen LogP contribution is -2.48. The Kier molecular flexibility index (Phi) is 7.11. The fraction of sp³-hybridized carbons (Fsp3) is 0.226. The summed E-state index contributed by atoms with van der Waals surface area (Å²) in [4.78, 5) is 42.2. The molecule has 10 heteroatoms. The lowest BCUT2D eigenvalue weighted by molar-refractivity contribution is -0.129. The van der Waals surface area contributed by atoms with Gasteiger partial charge in [-0.15, -0.1) is 0 Å². The summed E-state index contributed by atoms with van der Waals surface area (Å²) in [6.45, 7) is 6.55. The van der Waals surface area contributed by atoms with E-state index in [2.05, 4.69) is 25.2 Å². The van der Waals surface area contributed by atoms with Crippen LogP contribution in [0, 0.1) is 6.92 Å². The largest absolute Gasteiger partial charge is 0.368 e. The van der Waals surface area contributed by atoms with Crippen LogP contribution < -0.4 is 10.2 Å². The van der Waals surface area contributed by atoms with Gasteiger partial charge in [0.15, 0.2) is 5.82 Å². The van der Waals surface area contributed by atoms with E-state index >= 15 is 0 Å². The van der Waals surface area contributed by atoms with Gasteiger partial charge in [-0.3, -0.25) is 19.6 Å². The number of anilines is 2. The van der Waals surface area contributed by atoms with Gasteiger partial charge in [-0.1, -0.05) is 12.1 Å². The Bertz CT molecular complexity index is 1720. The van der Waals surface area contributed by atoms with Crippen molar-refractivity contribution in [3.63, 3.8) is 0 Å². The van der Waals surface area contributed by atoms with Crippen molar-refractivity contribution in [2.75, 3.05) is 36.4 Å². The molecule has 1 aliphatic heterocycles.